The highest BCUT2D eigenvalue weighted by molar-refractivity contribution is 5.98. The number of nitro benzene ring substituents is 1. The zero-order chi connectivity index (χ0) is 15.3. The van der Waals surface area contributed by atoms with Gasteiger partial charge in [-0.05, 0) is 26.0 Å². The molecule has 1 rings (SSSR count). The van der Waals surface area contributed by atoms with Crippen molar-refractivity contribution in [2.24, 2.45) is 0 Å². The van der Waals surface area contributed by atoms with Gasteiger partial charge >= 0.3 is 0 Å². The van der Waals surface area contributed by atoms with Crippen molar-refractivity contribution in [1.29, 1.82) is 5.26 Å². The predicted octanol–water partition coefficient (Wildman–Crippen LogP) is 2.50. The number of nitrogens with zero attached hydrogens (tertiary/aromatic N) is 3. The van der Waals surface area contributed by atoms with Crippen molar-refractivity contribution in [1.82, 2.24) is 4.90 Å². The zero-order valence-corrected chi connectivity index (χ0v) is 11.2. The maximum Gasteiger partial charge on any atom is 0.285 e. The molecule has 0 heterocycles. The maximum absolute atomic E-state index is 13.1. The molecule has 1 aromatic rings. The van der Waals surface area contributed by atoms with Crippen molar-refractivity contribution in [2.75, 3.05) is 6.54 Å². The highest BCUT2D eigenvalue weighted by atomic mass is 19.1. The van der Waals surface area contributed by atoms with E-state index < -0.39 is 22.3 Å². The van der Waals surface area contributed by atoms with Crippen LogP contribution >= 0.6 is 0 Å². The van der Waals surface area contributed by atoms with E-state index in [1.807, 2.05) is 6.07 Å². The second-order valence-corrected chi connectivity index (χ2v) is 4.42. The molecule has 1 amide bonds. The van der Waals surface area contributed by atoms with Crippen molar-refractivity contribution in [2.45, 2.75) is 26.3 Å². The Morgan fingerprint density at radius 1 is 1.55 bits per heavy atom. The molecule has 106 valence electrons. The van der Waals surface area contributed by atoms with Crippen LogP contribution in [0.1, 0.15) is 30.6 Å². The van der Waals surface area contributed by atoms with Crippen molar-refractivity contribution in [3.8, 4) is 6.07 Å². The van der Waals surface area contributed by atoms with Crippen LogP contribution in [-0.4, -0.2) is 28.3 Å². The molecule has 0 spiro atoms. The van der Waals surface area contributed by atoms with Crippen LogP contribution in [0.2, 0.25) is 0 Å². The SMILES string of the molecule is CC(C)N(CCC#N)C(=O)c1ccc(F)cc1[N+](=O)[O-]. The maximum atomic E-state index is 13.1. The van der Waals surface area contributed by atoms with E-state index in [-0.39, 0.29) is 24.6 Å². The standard InChI is InChI=1S/C13H14FN3O3/c1-9(2)16(7-3-6-15)13(18)11-5-4-10(14)8-12(11)17(19)20/h4-5,8-9H,3,7H2,1-2H3. The number of nitro groups is 1. The van der Waals surface area contributed by atoms with E-state index in [4.69, 9.17) is 5.26 Å². The van der Waals surface area contributed by atoms with Gasteiger partial charge in [-0.1, -0.05) is 0 Å². The van der Waals surface area contributed by atoms with Crippen LogP contribution in [0.4, 0.5) is 10.1 Å². The van der Waals surface area contributed by atoms with Gasteiger partial charge in [-0.3, -0.25) is 14.9 Å². The molecule has 0 atom stereocenters. The minimum Gasteiger partial charge on any atom is -0.335 e. The molecule has 6 nitrogen and oxygen atoms in total. The molecule has 7 heteroatoms. The van der Waals surface area contributed by atoms with Gasteiger partial charge in [0.25, 0.3) is 11.6 Å². The van der Waals surface area contributed by atoms with E-state index in [2.05, 4.69) is 0 Å². The Balaban J connectivity index is 3.18. The molecule has 0 aliphatic heterocycles. The number of carbonyl (C=O) groups excluding carboxylic acids is 1. The van der Waals surface area contributed by atoms with Crippen molar-refractivity contribution in [3.05, 3.63) is 39.7 Å². The van der Waals surface area contributed by atoms with Gasteiger partial charge in [0.2, 0.25) is 0 Å². The van der Waals surface area contributed by atoms with E-state index >= 15 is 0 Å². The summed E-state index contributed by atoms with van der Waals surface area (Å²) >= 11 is 0. The van der Waals surface area contributed by atoms with Gasteiger partial charge < -0.3 is 4.90 Å². The van der Waals surface area contributed by atoms with E-state index in [1.165, 1.54) is 4.90 Å². The van der Waals surface area contributed by atoms with Crippen LogP contribution in [0.3, 0.4) is 0 Å². The average Bonchev–Trinajstić information content (AvgIpc) is 2.38. The van der Waals surface area contributed by atoms with Gasteiger partial charge in [0.1, 0.15) is 11.4 Å². The highest BCUT2D eigenvalue weighted by Crippen LogP contribution is 2.22. The minimum atomic E-state index is -0.793. The Morgan fingerprint density at radius 2 is 2.20 bits per heavy atom. The Morgan fingerprint density at radius 3 is 2.70 bits per heavy atom. The Bertz CT molecular complexity index is 566. The topological polar surface area (TPSA) is 87.2 Å². The first kappa shape index (κ1) is 15.6. The van der Waals surface area contributed by atoms with Crippen LogP contribution in [0, 0.1) is 27.3 Å². The zero-order valence-electron chi connectivity index (χ0n) is 11.2. The van der Waals surface area contributed by atoms with Crippen LogP contribution in [0.5, 0.6) is 0 Å². The number of hydrogen-bond donors (Lipinski definition) is 0. The molecular weight excluding hydrogens is 265 g/mol. The summed E-state index contributed by atoms with van der Waals surface area (Å²) in [6.45, 7) is 3.65. The number of nitriles is 1. The summed E-state index contributed by atoms with van der Waals surface area (Å²) in [5, 5.41) is 19.5. The van der Waals surface area contributed by atoms with E-state index in [1.54, 1.807) is 13.8 Å². The van der Waals surface area contributed by atoms with Gasteiger partial charge in [0.05, 0.1) is 23.5 Å². The third-order valence-electron chi connectivity index (χ3n) is 2.74. The Kier molecular flexibility index (Phi) is 5.15. The van der Waals surface area contributed by atoms with Crippen LogP contribution in [0.15, 0.2) is 18.2 Å². The molecule has 0 bridgehead atoms. The van der Waals surface area contributed by atoms with Crippen LogP contribution < -0.4 is 0 Å². The summed E-state index contributed by atoms with van der Waals surface area (Å²) in [5.74, 6) is -1.36. The van der Waals surface area contributed by atoms with E-state index in [0.29, 0.717) is 0 Å². The molecule has 0 saturated heterocycles. The second kappa shape index (κ2) is 6.61. The summed E-state index contributed by atoms with van der Waals surface area (Å²) in [6.07, 6.45) is 0.124. The van der Waals surface area contributed by atoms with Gasteiger partial charge in [0.15, 0.2) is 0 Å². The van der Waals surface area contributed by atoms with Crippen LogP contribution in [-0.2, 0) is 0 Å². The fourth-order valence-electron chi connectivity index (χ4n) is 1.76. The normalized spacial score (nSPS) is 10.2. The summed E-state index contributed by atoms with van der Waals surface area (Å²) < 4.78 is 13.1. The average molecular weight is 279 g/mol. The second-order valence-electron chi connectivity index (χ2n) is 4.42. The first-order valence-corrected chi connectivity index (χ1v) is 6.00. The summed E-state index contributed by atoms with van der Waals surface area (Å²) in [7, 11) is 0. The van der Waals surface area contributed by atoms with Crippen molar-refractivity contribution in [3.63, 3.8) is 0 Å². The molecule has 0 aliphatic rings. The molecule has 0 aliphatic carbocycles. The van der Waals surface area contributed by atoms with E-state index in [0.717, 1.165) is 18.2 Å². The molecule has 0 fully saturated rings. The smallest absolute Gasteiger partial charge is 0.285 e. The van der Waals surface area contributed by atoms with Crippen molar-refractivity contribution < 1.29 is 14.1 Å². The largest absolute Gasteiger partial charge is 0.335 e. The molecule has 0 saturated carbocycles. The van der Waals surface area contributed by atoms with Gasteiger partial charge in [-0.2, -0.15) is 5.26 Å². The Hall–Kier alpha value is -2.49. The summed E-state index contributed by atoms with van der Waals surface area (Å²) in [6, 6.07) is 4.51. The molecule has 20 heavy (non-hydrogen) atoms. The molecule has 1 aromatic carbocycles. The lowest BCUT2D eigenvalue weighted by atomic mass is 10.1. The number of amides is 1. The fraction of sp³-hybridized carbons (Fsp3) is 0.385. The predicted molar refractivity (Wildman–Crippen MR) is 69.5 cm³/mol. The lowest BCUT2D eigenvalue weighted by Crippen LogP contribution is -2.38. The lowest BCUT2D eigenvalue weighted by molar-refractivity contribution is -0.385. The molecule has 0 aromatic heterocycles. The van der Waals surface area contributed by atoms with Crippen LogP contribution in [0.25, 0.3) is 0 Å². The summed E-state index contributed by atoms with van der Waals surface area (Å²) in [4.78, 5) is 23.8. The minimum absolute atomic E-state index is 0.124. The third-order valence-corrected chi connectivity index (χ3v) is 2.74. The highest BCUT2D eigenvalue weighted by Gasteiger charge is 2.26. The van der Waals surface area contributed by atoms with Crippen molar-refractivity contribution >= 4 is 11.6 Å². The van der Waals surface area contributed by atoms with Gasteiger partial charge in [0, 0.05) is 12.6 Å². The number of halogens is 1. The third kappa shape index (κ3) is 3.51. The van der Waals surface area contributed by atoms with Gasteiger partial charge in [-0.15, -0.1) is 0 Å². The first-order chi connectivity index (χ1) is 9.38. The quantitative estimate of drug-likeness (QED) is 0.612. The lowest BCUT2D eigenvalue weighted by Gasteiger charge is -2.25. The molecule has 0 radical (unpaired) electrons. The Labute approximate surface area is 115 Å². The summed E-state index contributed by atoms with van der Waals surface area (Å²) in [5.41, 5.74) is -0.749. The monoisotopic (exact) mass is 279 g/mol. The molecule has 0 N–H and O–H groups in total. The first-order valence-electron chi connectivity index (χ1n) is 6.00. The number of rotatable bonds is 5. The number of hydrogen-bond acceptors (Lipinski definition) is 4. The van der Waals surface area contributed by atoms with Gasteiger partial charge in [-0.25, -0.2) is 4.39 Å². The molecular formula is C13H14FN3O3. The van der Waals surface area contributed by atoms with E-state index in [9.17, 15) is 19.3 Å². The fourth-order valence-corrected chi connectivity index (χ4v) is 1.76. The number of benzene rings is 1. The molecule has 0 unspecified atom stereocenters. The number of carbonyl (C=O) groups is 1.